The van der Waals surface area contributed by atoms with Crippen LogP contribution in [0.1, 0.15) is 25.7 Å². The first kappa shape index (κ1) is 41.2. The zero-order chi connectivity index (χ0) is 41.8. The minimum atomic E-state index is -3.97. The summed E-state index contributed by atoms with van der Waals surface area (Å²) in [7, 11) is -1.03. The Hall–Kier alpha value is -6.41. The number of terminal acetylenes is 1. The smallest absolute Gasteiger partial charge is 0.408 e. The predicted octanol–water partition coefficient (Wildman–Crippen LogP) is 2.30. The molecule has 1 aromatic heterocycles. The number of rotatable bonds is 16. The fourth-order valence-electron chi connectivity index (χ4n) is 6.93. The van der Waals surface area contributed by atoms with E-state index in [9.17, 15) is 32.4 Å². The number of alkyl carbamates (subject to hydrolysis) is 1. The highest BCUT2D eigenvalue weighted by atomic mass is 32.2. The van der Waals surface area contributed by atoms with E-state index in [1.165, 1.54) is 25.1 Å². The standard InChI is InChI=1S/C41H44N6O10S/c1-6-18-56-40(52)43-33(24-46(4)36(48)8-3)38(50)47-23-28(20-34(47)37(49)44-41(22-26(41)7-2)39(51)45-58(53,54)29-15-16-29)57-35-21-31(25-12-10-9-11-13-25)42-32-19-27(55-5)14-17-30(32)35/h1,7-14,17,19,21,26,28-29,33-34H,2-3,15-16,18,20,22-24H2,4-5H3,(H,43,52)(H,44,49)(H,45,51)/t26-,28?,33?,34+,41-/m1/s1. The van der Waals surface area contributed by atoms with Gasteiger partial charge in [-0.25, -0.2) is 18.2 Å². The summed E-state index contributed by atoms with van der Waals surface area (Å²) in [6, 6.07) is 13.7. The van der Waals surface area contributed by atoms with Gasteiger partial charge in [-0.1, -0.05) is 48.9 Å². The van der Waals surface area contributed by atoms with E-state index in [4.69, 9.17) is 25.6 Å². The van der Waals surface area contributed by atoms with Gasteiger partial charge in [0.2, 0.25) is 27.7 Å². The lowest BCUT2D eigenvalue weighted by Crippen LogP contribution is -2.59. The molecule has 16 nitrogen and oxygen atoms in total. The summed E-state index contributed by atoms with van der Waals surface area (Å²) < 4.78 is 44.7. The van der Waals surface area contributed by atoms with Gasteiger partial charge in [0, 0.05) is 42.5 Å². The van der Waals surface area contributed by atoms with Crippen molar-refractivity contribution < 1.29 is 46.6 Å². The minimum Gasteiger partial charge on any atom is -0.497 e. The number of nitrogens with one attached hydrogen (secondary N) is 3. The number of hydrogen-bond donors (Lipinski definition) is 3. The number of methoxy groups -OCH3 is 1. The van der Waals surface area contributed by atoms with Crippen LogP contribution >= 0.6 is 0 Å². The van der Waals surface area contributed by atoms with E-state index < -0.39 is 81.2 Å². The normalized spacial score (nSPS) is 21.4. The van der Waals surface area contributed by atoms with Crippen LogP contribution in [0.3, 0.4) is 0 Å². The first-order valence-corrected chi connectivity index (χ1v) is 20.0. The summed E-state index contributed by atoms with van der Waals surface area (Å²) in [6.07, 6.45) is 6.66. The van der Waals surface area contributed by atoms with E-state index in [0.29, 0.717) is 40.9 Å². The van der Waals surface area contributed by atoms with Crippen molar-refractivity contribution in [2.45, 2.75) is 54.7 Å². The van der Waals surface area contributed by atoms with Crippen LogP contribution in [0.2, 0.25) is 0 Å². The lowest BCUT2D eigenvalue weighted by atomic mass is 10.1. The molecule has 304 valence electrons. The Morgan fingerprint density at radius 3 is 2.50 bits per heavy atom. The lowest BCUT2D eigenvalue weighted by Gasteiger charge is -2.31. The number of amides is 5. The monoisotopic (exact) mass is 812 g/mol. The van der Waals surface area contributed by atoms with Crippen molar-refractivity contribution in [3.8, 4) is 35.1 Å². The topological polar surface area (TPSA) is 203 Å². The maximum Gasteiger partial charge on any atom is 0.408 e. The molecule has 3 fully saturated rings. The third kappa shape index (κ3) is 8.92. The summed E-state index contributed by atoms with van der Waals surface area (Å²) in [5.41, 5.74) is 0.292. The highest BCUT2D eigenvalue weighted by molar-refractivity contribution is 7.91. The number of likely N-dealkylation sites (N-methyl/N-ethyl adjacent to an activating group) is 1. The summed E-state index contributed by atoms with van der Waals surface area (Å²) in [4.78, 5) is 75.0. The molecule has 3 N–H and O–H groups in total. The van der Waals surface area contributed by atoms with E-state index in [2.05, 4.69) is 34.4 Å². The number of likely N-dealkylation sites (tertiary alicyclic amines) is 1. The number of aromatic nitrogens is 1. The third-order valence-corrected chi connectivity index (χ3v) is 12.1. The number of carbonyl (C=O) groups excluding carboxylic acids is 5. The Bertz CT molecular complexity index is 2290. The molecule has 2 aromatic carbocycles. The van der Waals surface area contributed by atoms with Gasteiger partial charge in [0.25, 0.3) is 5.91 Å². The molecule has 2 heterocycles. The highest BCUT2D eigenvalue weighted by Crippen LogP contribution is 2.45. The number of hydrogen-bond acceptors (Lipinski definition) is 11. The zero-order valence-corrected chi connectivity index (χ0v) is 32.8. The summed E-state index contributed by atoms with van der Waals surface area (Å²) in [5, 5.41) is 5.11. The number of benzene rings is 2. The summed E-state index contributed by atoms with van der Waals surface area (Å²) in [6.45, 7) is 6.29. The van der Waals surface area contributed by atoms with Crippen LogP contribution in [0.5, 0.6) is 11.5 Å². The Balaban J connectivity index is 1.35. The van der Waals surface area contributed by atoms with Gasteiger partial charge < -0.3 is 34.6 Å². The molecule has 1 saturated heterocycles. The van der Waals surface area contributed by atoms with E-state index >= 15 is 0 Å². The van der Waals surface area contributed by atoms with Crippen molar-refractivity contribution in [2.24, 2.45) is 5.92 Å². The summed E-state index contributed by atoms with van der Waals surface area (Å²) >= 11 is 0. The van der Waals surface area contributed by atoms with Crippen molar-refractivity contribution in [3.05, 3.63) is 79.9 Å². The largest absolute Gasteiger partial charge is 0.497 e. The molecule has 0 radical (unpaired) electrons. The second-order valence-electron chi connectivity index (χ2n) is 14.3. The molecule has 17 heteroatoms. The van der Waals surface area contributed by atoms with Gasteiger partial charge in [-0.05, 0) is 37.5 Å². The average molecular weight is 813 g/mol. The molecule has 58 heavy (non-hydrogen) atoms. The zero-order valence-electron chi connectivity index (χ0n) is 32.0. The van der Waals surface area contributed by atoms with Gasteiger partial charge in [-0.2, -0.15) is 0 Å². The molecule has 2 unspecified atom stereocenters. The number of fused-ring (bicyclic) bond motifs is 1. The van der Waals surface area contributed by atoms with E-state index in [1.807, 2.05) is 30.3 Å². The number of ether oxygens (including phenoxy) is 3. The first-order valence-electron chi connectivity index (χ1n) is 18.5. The van der Waals surface area contributed by atoms with Crippen molar-refractivity contribution in [1.29, 1.82) is 0 Å². The molecule has 3 aliphatic rings. The fraction of sp³-hybridized carbons (Fsp3) is 0.366. The van der Waals surface area contributed by atoms with E-state index in [0.717, 1.165) is 16.5 Å². The maximum atomic E-state index is 14.6. The van der Waals surface area contributed by atoms with Crippen LogP contribution in [0, 0.1) is 18.3 Å². The van der Waals surface area contributed by atoms with Crippen LogP contribution in [-0.2, 0) is 33.9 Å². The molecule has 0 bridgehead atoms. The lowest BCUT2D eigenvalue weighted by molar-refractivity contribution is -0.141. The Kier molecular flexibility index (Phi) is 12.1. The van der Waals surface area contributed by atoms with Crippen LogP contribution in [0.4, 0.5) is 4.79 Å². The molecule has 2 saturated carbocycles. The fourth-order valence-corrected chi connectivity index (χ4v) is 8.29. The van der Waals surface area contributed by atoms with Gasteiger partial charge in [0.05, 0.1) is 36.7 Å². The number of carbonyl (C=O) groups is 5. The Morgan fingerprint density at radius 2 is 1.86 bits per heavy atom. The third-order valence-electron chi connectivity index (χ3n) is 10.3. The minimum absolute atomic E-state index is 0.0727. The van der Waals surface area contributed by atoms with Crippen molar-refractivity contribution in [2.75, 3.05) is 33.9 Å². The van der Waals surface area contributed by atoms with Crippen LogP contribution in [0.15, 0.2) is 79.9 Å². The molecular formula is C41H44N6O10S. The molecule has 6 rings (SSSR count). The number of sulfonamides is 1. The van der Waals surface area contributed by atoms with E-state index in [1.54, 1.807) is 24.3 Å². The maximum absolute atomic E-state index is 14.6. The second-order valence-corrected chi connectivity index (χ2v) is 16.3. The summed E-state index contributed by atoms with van der Waals surface area (Å²) in [5.74, 6) is -0.505. The molecular weight excluding hydrogens is 769 g/mol. The number of pyridine rings is 1. The van der Waals surface area contributed by atoms with Gasteiger partial charge in [0.1, 0.15) is 35.2 Å². The molecule has 1 aliphatic heterocycles. The highest BCUT2D eigenvalue weighted by Gasteiger charge is 2.62. The van der Waals surface area contributed by atoms with Crippen LogP contribution in [0.25, 0.3) is 22.2 Å². The van der Waals surface area contributed by atoms with Gasteiger partial charge in [0.15, 0.2) is 6.61 Å². The molecule has 5 atom stereocenters. The van der Waals surface area contributed by atoms with E-state index in [-0.39, 0.29) is 25.9 Å². The second kappa shape index (κ2) is 17.0. The number of nitrogens with zero attached hydrogens (tertiary/aromatic N) is 3. The van der Waals surface area contributed by atoms with Crippen LogP contribution < -0.4 is 24.8 Å². The quantitative estimate of drug-likeness (QED) is 0.109. The Labute approximate surface area is 336 Å². The molecule has 5 amide bonds. The average Bonchev–Trinajstić information content (AvgIpc) is 4.15. The van der Waals surface area contributed by atoms with Crippen molar-refractivity contribution >= 4 is 50.6 Å². The molecule has 0 spiro atoms. The molecule has 3 aromatic rings. The van der Waals surface area contributed by atoms with Gasteiger partial charge in [-0.15, -0.1) is 13.0 Å². The van der Waals surface area contributed by atoms with Crippen LogP contribution in [-0.4, -0.2) is 116 Å². The Morgan fingerprint density at radius 1 is 1.12 bits per heavy atom. The van der Waals surface area contributed by atoms with Crippen molar-refractivity contribution in [1.82, 2.24) is 30.1 Å². The van der Waals surface area contributed by atoms with Crippen molar-refractivity contribution in [3.63, 3.8) is 0 Å². The first-order chi connectivity index (χ1) is 27.7. The molecule has 2 aliphatic carbocycles. The van der Waals surface area contributed by atoms with Gasteiger partial charge >= 0.3 is 6.09 Å². The SMILES string of the molecule is C#CCOC(=O)NC(CN(C)C(=O)C=C)C(=O)N1CC(Oc2cc(-c3ccccc3)nc3cc(OC)ccc23)C[C@H]1C(=O)N[C@]1(C(=O)NS(=O)(=O)C2CC2)C[C@H]1C=C. The predicted molar refractivity (Wildman–Crippen MR) is 212 cm³/mol. The van der Waals surface area contributed by atoms with Gasteiger partial charge in [-0.3, -0.25) is 23.9 Å².